The molecule has 1 amide bonds. The highest BCUT2D eigenvalue weighted by Crippen LogP contribution is 2.28. The highest BCUT2D eigenvalue weighted by molar-refractivity contribution is 6.43. The van der Waals surface area contributed by atoms with Crippen molar-refractivity contribution in [2.75, 3.05) is 5.32 Å². The molecule has 1 atom stereocenters. The average Bonchev–Trinajstić information content (AvgIpc) is 3.07. The van der Waals surface area contributed by atoms with E-state index in [0.29, 0.717) is 12.1 Å². The number of benzene rings is 2. The maximum Gasteiger partial charge on any atom is 0.273 e. The van der Waals surface area contributed by atoms with Crippen LogP contribution >= 0.6 is 0 Å². The maximum absolute atomic E-state index is 12.5. The average molecular weight is 308 g/mol. The predicted octanol–water partition coefficient (Wildman–Crippen LogP) is 4.01. The third-order valence-corrected chi connectivity index (χ3v) is 4.08. The zero-order valence-corrected chi connectivity index (χ0v) is 13.4. The molecule has 23 heavy (non-hydrogen) atoms. The second-order valence-corrected chi connectivity index (χ2v) is 5.66. The van der Waals surface area contributed by atoms with Crippen molar-refractivity contribution in [2.24, 2.45) is 5.16 Å². The van der Waals surface area contributed by atoms with E-state index in [9.17, 15) is 4.79 Å². The van der Waals surface area contributed by atoms with Gasteiger partial charge in [0.1, 0.15) is 5.71 Å². The molecule has 1 aliphatic rings. The van der Waals surface area contributed by atoms with Gasteiger partial charge < -0.3 is 10.2 Å². The van der Waals surface area contributed by atoms with Crippen LogP contribution in [0.15, 0.2) is 53.7 Å². The Morgan fingerprint density at radius 2 is 2.00 bits per heavy atom. The van der Waals surface area contributed by atoms with Crippen LogP contribution in [0.5, 0.6) is 0 Å². The van der Waals surface area contributed by atoms with Crippen LogP contribution in [0.3, 0.4) is 0 Å². The first-order valence-corrected chi connectivity index (χ1v) is 7.86. The molecule has 3 rings (SSSR count). The Hall–Kier alpha value is -2.62. The van der Waals surface area contributed by atoms with Crippen LogP contribution in [0.4, 0.5) is 5.69 Å². The molecule has 0 fully saturated rings. The second-order valence-electron chi connectivity index (χ2n) is 5.66. The van der Waals surface area contributed by atoms with Gasteiger partial charge in [0.2, 0.25) is 0 Å². The Morgan fingerprint density at radius 3 is 2.74 bits per heavy atom. The van der Waals surface area contributed by atoms with Crippen LogP contribution < -0.4 is 5.32 Å². The molecular formula is C19H20N2O2. The van der Waals surface area contributed by atoms with Crippen LogP contribution in [0, 0.1) is 6.92 Å². The number of para-hydroxylation sites is 1. The zero-order chi connectivity index (χ0) is 16.2. The SMILES string of the molecule is CCc1cccc(C)c1NC(=O)C1=NOC(c2ccccc2)C1. The smallest absolute Gasteiger partial charge is 0.273 e. The van der Waals surface area contributed by atoms with Crippen molar-refractivity contribution in [1.82, 2.24) is 0 Å². The van der Waals surface area contributed by atoms with Crippen molar-refractivity contribution >= 4 is 17.3 Å². The second kappa shape index (κ2) is 6.65. The van der Waals surface area contributed by atoms with Crippen LogP contribution in [0.2, 0.25) is 0 Å². The zero-order valence-electron chi connectivity index (χ0n) is 13.4. The molecule has 0 radical (unpaired) electrons. The van der Waals surface area contributed by atoms with Crippen molar-refractivity contribution in [1.29, 1.82) is 0 Å². The number of carbonyl (C=O) groups is 1. The van der Waals surface area contributed by atoms with Gasteiger partial charge in [0, 0.05) is 12.1 Å². The molecule has 4 nitrogen and oxygen atoms in total. The minimum absolute atomic E-state index is 0.181. The molecule has 0 aliphatic carbocycles. The standard InChI is InChI=1S/C19H20N2O2/c1-3-14-11-7-8-13(2)18(14)20-19(22)16-12-17(23-21-16)15-9-5-4-6-10-15/h4-11,17H,3,12H2,1-2H3,(H,20,22). The lowest BCUT2D eigenvalue weighted by molar-refractivity contribution is -0.110. The Bertz CT molecular complexity index is 738. The number of carbonyl (C=O) groups excluding carboxylic acids is 1. The van der Waals surface area contributed by atoms with Crippen molar-refractivity contribution in [3.05, 3.63) is 65.2 Å². The van der Waals surface area contributed by atoms with Crippen LogP contribution in [0.25, 0.3) is 0 Å². The molecular weight excluding hydrogens is 288 g/mol. The number of hydrogen-bond acceptors (Lipinski definition) is 3. The minimum atomic E-state index is -0.188. The lowest BCUT2D eigenvalue weighted by Crippen LogP contribution is -2.23. The van der Waals surface area contributed by atoms with Crippen LogP contribution in [-0.4, -0.2) is 11.6 Å². The van der Waals surface area contributed by atoms with Crippen LogP contribution in [-0.2, 0) is 16.1 Å². The predicted molar refractivity (Wildman–Crippen MR) is 91.5 cm³/mol. The first kappa shape index (κ1) is 15.3. The molecule has 118 valence electrons. The monoisotopic (exact) mass is 308 g/mol. The van der Waals surface area contributed by atoms with Gasteiger partial charge in [-0.05, 0) is 30.0 Å². The van der Waals surface area contributed by atoms with Crippen molar-refractivity contribution in [3.8, 4) is 0 Å². The Morgan fingerprint density at radius 1 is 1.22 bits per heavy atom. The molecule has 1 heterocycles. The molecule has 1 N–H and O–H groups in total. The number of nitrogens with one attached hydrogen (secondary N) is 1. The summed E-state index contributed by atoms with van der Waals surface area (Å²) in [6.45, 7) is 4.07. The molecule has 1 unspecified atom stereocenters. The number of aryl methyl sites for hydroxylation is 2. The maximum atomic E-state index is 12.5. The summed E-state index contributed by atoms with van der Waals surface area (Å²) in [4.78, 5) is 17.9. The summed E-state index contributed by atoms with van der Waals surface area (Å²) < 4.78 is 0. The lowest BCUT2D eigenvalue weighted by Gasteiger charge is -2.12. The van der Waals surface area contributed by atoms with Gasteiger partial charge in [0.15, 0.2) is 6.10 Å². The van der Waals surface area contributed by atoms with E-state index in [1.54, 1.807) is 0 Å². The number of rotatable bonds is 4. The summed E-state index contributed by atoms with van der Waals surface area (Å²) in [5, 5.41) is 6.97. The van der Waals surface area contributed by atoms with Gasteiger partial charge in [-0.2, -0.15) is 0 Å². The first-order chi connectivity index (χ1) is 11.2. The van der Waals surface area contributed by atoms with E-state index in [-0.39, 0.29) is 12.0 Å². The van der Waals surface area contributed by atoms with Crippen molar-refractivity contribution in [2.45, 2.75) is 32.8 Å². The lowest BCUT2D eigenvalue weighted by atomic mass is 10.0. The van der Waals surface area contributed by atoms with Gasteiger partial charge >= 0.3 is 0 Å². The third kappa shape index (κ3) is 3.26. The fourth-order valence-electron chi connectivity index (χ4n) is 2.75. The number of nitrogens with zero attached hydrogens (tertiary/aromatic N) is 1. The molecule has 0 bridgehead atoms. The molecule has 1 aliphatic heterocycles. The van der Waals surface area contributed by atoms with Crippen LogP contribution in [0.1, 0.15) is 36.1 Å². The van der Waals surface area contributed by atoms with Gasteiger partial charge in [-0.25, -0.2) is 0 Å². The minimum Gasteiger partial charge on any atom is -0.387 e. The topological polar surface area (TPSA) is 50.7 Å². The van der Waals surface area contributed by atoms with E-state index in [1.807, 2.05) is 55.5 Å². The van der Waals surface area contributed by atoms with Gasteiger partial charge in [0.05, 0.1) is 0 Å². The van der Waals surface area contributed by atoms with Crippen molar-refractivity contribution in [3.63, 3.8) is 0 Å². The van der Waals surface area contributed by atoms with E-state index in [1.165, 1.54) is 0 Å². The molecule has 0 aromatic heterocycles. The van der Waals surface area contributed by atoms with E-state index in [0.717, 1.165) is 28.8 Å². The highest BCUT2D eigenvalue weighted by atomic mass is 16.6. The molecule has 0 saturated heterocycles. The largest absolute Gasteiger partial charge is 0.387 e. The van der Waals surface area contributed by atoms with Gasteiger partial charge in [-0.15, -0.1) is 0 Å². The summed E-state index contributed by atoms with van der Waals surface area (Å²) in [5.74, 6) is -0.188. The normalized spacial score (nSPS) is 16.6. The summed E-state index contributed by atoms with van der Waals surface area (Å²) >= 11 is 0. The molecule has 0 spiro atoms. The van der Waals surface area contributed by atoms with E-state index in [4.69, 9.17) is 4.84 Å². The molecule has 2 aromatic carbocycles. The highest BCUT2D eigenvalue weighted by Gasteiger charge is 2.27. The molecule has 4 heteroatoms. The van der Waals surface area contributed by atoms with Gasteiger partial charge in [-0.3, -0.25) is 4.79 Å². The first-order valence-electron chi connectivity index (χ1n) is 7.86. The van der Waals surface area contributed by atoms with Gasteiger partial charge in [0.25, 0.3) is 5.91 Å². The summed E-state index contributed by atoms with van der Waals surface area (Å²) in [5.41, 5.74) is 4.52. The van der Waals surface area contributed by atoms with Gasteiger partial charge in [-0.1, -0.05) is 60.6 Å². The number of hydrogen-bond donors (Lipinski definition) is 1. The fourth-order valence-corrected chi connectivity index (χ4v) is 2.75. The quantitative estimate of drug-likeness (QED) is 0.927. The Balaban J connectivity index is 1.71. The van der Waals surface area contributed by atoms with E-state index < -0.39 is 0 Å². The number of amides is 1. The summed E-state index contributed by atoms with van der Waals surface area (Å²) in [7, 11) is 0. The fraction of sp³-hybridized carbons (Fsp3) is 0.263. The Labute approximate surface area is 136 Å². The summed E-state index contributed by atoms with van der Waals surface area (Å²) in [6.07, 6.45) is 1.18. The number of anilines is 1. The van der Waals surface area contributed by atoms with Crippen molar-refractivity contribution < 1.29 is 9.63 Å². The third-order valence-electron chi connectivity index (χ3n) is 4.08. The van der Waals surface area contributed by atoms with E-state index >= 15 is 0 Å². The molecule has 0 saturated carbocycles. The molecule has 2 aromatic rings. The number of oxime groups is 1. The van der Waals surface area contributed by atoms with E-state index in [2.05, 4.69) is 17.4 Å². The Kier molecular flexibility index (Phi) is 4.42. The summed E-state index contributed by atoms with van der Waals surface area (Å²) in [6, 6.07) is 15.9.